The van der Waals surface area contributed by atoms with E-state index in [-0.39, 0.29) is 51.6 Å². The summed E-state index contributed by atoms with van der Waals surface area (Å²) in [5.41, 5.74) is -1.36. The maximum absolute atomic E-state index is 13.2. The van der Waals surface area contributed by atoms with Crippen molar-refractivity contribution in [1.82, 2.24) is 10.2 Å². The second kappa shape index (κ2) is 22.1. The number of hydrogen-bond donors (Lipinski definition) is 2. The van der Waals surface area contributed by atoms with Gasteiger partial charge in [0.15, 0.2) is 0 Å². The fourth-order valence-electron chi connectivity index (χ4n) is 2.76. The van der Waals surface area contributed by atoms with Crippen LogP contribution in [0.5, 0.6) is 0 Å². The zero-order chi connectivity index (χ0) is 33.0. The zero-order valence-corrected chi connectivity index (χ0v) is 27.6. The Hall–Kier alpha value is -2.53. The Morgan fingerprint density at radius 3 is 2.02 bits per heavy atom. The van der Waals surface area contributed by atoms with E-state index in [0.29, 0.717) is 11.1 Å². The summed E-state index contributed by atoms with van der Waals surface area (Å²) in [7, 11) is -1.04. The first kappa shape index (κ1) is 41.6. The predicted molar refractivity (Wildman–Crippen MR) is 173 cm³/mol. The Bertz CT molecular complexity index is 1160. The maximum atomic E-state index is 13.2. The van der Waals surface area contributed by atoms with Crippen LogP contribution in [0.15, 0.2) is 77.0 Å². The summed E-state index contributed by atoms with van der Waals surface area (Å²) in [6.45, 7) is 20.2. The summed E-state index contributed by atoms with van der Waals surface area (Å²) >= 11 is 17.1. The number of rotatable bonds is 6. The molecule has 0 spiro atoms. The van der Waals surface area contributed by atoms with E-state index in [9.17, 15) is 27.0 Å². The van der Waals surface area contributed by atoms with Gasteiger partial charge in [0.05, 0.1) is 26.9 Å². The number of allylic oxidation sites excluding steroid dienone is 7. The number of hydrogen-bond acceptors (Lipinski definition) is 3. The molecule has 1 aliphatic rings. The van der Waals surface area contributed by atoms with Gasteiger partial charge in [-0.3, -0.25) is 9.00 Å². The second-order valence-electron chi connectivity index (χ2n) is 8.02. The lowest BCUT2D eigenvalue weighted by Gasteiger charge is -2.27. The molecule has 0 aromatic heterocycles. The highest BCUT2D eigenvalue weighted by Gasteiger charge is 2.32. The fourth-order valence-corrected chi connectivity index (χ4v) is 4.15. The van der Waals surface area contributed by atoms with E-state index >= 15 is 0 Å². The second-order valence-corrected chi connectivity index (χ2v) is 11.0. The molecule has 3 amide bonds. The molecule has 0 atom stereocenters. The largest absolute Gasteiger partial charge is 0.416 e. The van der Waals surface area contributed by atoms with Gasteiger partial charge in [0.1, 0.15) is 0 Å². The summed E-state index contributed by atoms with van der Waals surface area (Å²) in [4.78, 5) is 26.7. The molecule has 1 fully saturated rings. The normalized spacial score (nSPS) is 13.8. The van der Waals surface area contributed by atoms with Crippen LogP contribution in [0.1, 0.15) is 57.0 Å². The summed E-state index contributed by atoms with van der Waals surface area (Å²) in [5, 5.41) is 5.23. The van der Waals surface area contributed by atoms with Gasteiger partial charge in [-0.2, -0.15) is 13.2 Å². The summed E-state index contributed by atoms with van der Waals surface area (Å²) in [6.07, 6.45) is 0.830. The highest BCUT2D eigenvalue weighted by atomic mass is 35.5. The minimum atomic E-state index is -4.68. The Morgan fingerprint density at radius 1 is 1.10 bits per heavy atom. The highest BCUT2D eigenvalue weighted by Crippen LogP contribution is 2.33. The van der Waals surface area contributed by atoms with E-state index in [0.717, 1.165) is 12.1 Å². The molecule has 0 saturated carbocycles. The lowest BCUT2D eigenvalue weighted by molar-refractivity contribution is -0.137. The van der Waals surface area contributed by atoms with Crippen LogP contribution < -0.4 is 10.6 Å². The van der Waals surface area contributed by atoms with Crippen molar-refractivity contribution in [2.24, 2.45) is 0 Å². The van der Waals surface area contributed by atoms with E-state index in [1.807, 2.05) is 13.8 Å². The molecule has 1 aromatic rings. The zero-order valence-electron chi connectivity index (χ0n) is 24.5. The van der Waals surface area contributed by atoms with E-state index in [1.165, 1.54) is 36.5 Å². The molecule has 0 radical (unpaired) electrons. The van der Waals surface area contributed by atoms with Gasteiger partial charge in [0.25, 0.3) is 5.91 Å². The Balaban J connectivity index is 0. The SMILES string of the molecule is C=C/C=C(Cl)\C(Cl)=C(/C)NC(=O)Nc1cc(C(F)(F)F)ccc1C(=O)N1CCS(=O)CC1.C=CC(=C)Cl.CC.CCC. The van der Waals surface area contributed by atoms with Crippen LogP contribution >= 0.6 is 34.8 Å². The van der Waals surface area contributed by atoms with E-state index in [2.05, 4.69) is 44.2 Å². The Kier molecular flexibility index (Phi) is 21.9. The number of alkyl halides is 3. The number of urea groups is 1. The predicted octanol–water partition coefficient (Wildman–Crippen LogP) is 9.18. The minimum Gasteiger partial charge on any atom is -0.337 e. The third-order valence-corrected chi connectivity index (χ3v) is 6.94. The Labute approximate surface area is 264 Å². The average molecular weight is 673 g/mol. The van der Waals surface area contributed by atoms with E-state index in [1.54, 1.807) is 0 Å². The average Bonchev–Trinajstić information content (AvgIpc) is 2.94. The number of benzene rings is 1. The lowest BCUT2D eigenvalue weighted by atomic mass is 10.1. The number of carbonyl (C=O) groups excluding carboxylic acids is 2. The van der Waals surface area contributed by atoms with Crippen molar-refractivity contribution in [1.29, 1.82) is 0 Å². The fraction of sp³-hybridized carbons (Fsp3) is 0.379. The van der Waals surface area contributed by atoms with Gasteiger partial charge in [0, 0.05) is 46.1 Å². The molecular formula is C29H39Cl3F3N3O3S. The third kappa shape index (κ3) is 16.2. The van der Waals surface area contributed by atoms with Gasteiger partial charge < -0.3 is 15.5 Å². The van der Waals surface area contributed by atoms with E-state index < -0.39 is 34.5 Å². The first-order valence-electron chi connectivity index (χ1n) is 12.9. The standard InChI is InChI=1S/C20H20Cl2F3N3O3S.C4H5Cl.C3H8.C2H6/c1-3-4-15(21)17(22)12(2)26-19(30)27-16-11-13(20(23,24)25)5-6-14(16)18(29)28-7-9-32(31)10-8-28;1-3-4(2)5;1-3-2;1-2/h3-6,11H,1,7-10H2,2H3,(H2,26,27,30);3H,1-2H2;3H2,1-2H3;1-2H3/b15-4+,17-12-;;;. The lowest BCUT2D eigenvalue weighted by Crippen LogP contribution is -2.42. The molecule has 0 bridgehead atoms. The molecule has 1 saturated heterocycles. The van der Waals surface area contributed by atoms with Gasteiger partial charge in [-0.15, -0.1) is 0 Å². The van der Waals surface area contributed by atoms with Crippen molar-refractivity contribution in [3.63, 3.8) is 0 Å². The quantitative estimate of drug-likeness (QED) is 0.296. The molecule has 1 heterocycles. The molecule has 0 unspecified atom stereocenters. The van der Waals surface area contributed by atoms with Crippen LogP contribution in [0.3, 0.4) is 0 Å². The van der Waals surface area contributed by atoms with Crippen molar-refractivity contribution >= 4 is 63.2 Å². The van der Waals surface area contributed by atoms with Gasteiger partial charge in [-0.25, -0.2) is 4.79 Å². The monoisotopic (exact) mass is 671 g/mol. The summed E-state index contributed by atoms with van der Waals surface area (Å²) in [5.74, 6) is -0.0261. The highest BCUT2D eigenvalue weighted by molar-refractivity contribution is 7.85. The molecule has 42 heavy (non-hydrogen) atoms. The molecule has 2 N–H and O–H groups in total. The van der Waals surface area contributed by atoms with Crippen molar-refractivity contribution in [3.8, 4) is 0 Å². The number of anilines is 1. The third-order valence-electron chi connectivity index (χ3n) is 4.62. The molecule has 13 heteroatoms. The first-order chi connectivity index (χ1) is 19.6. The number of nitrogens with one attached hydrogen (secondary N) is 2. The van der Waals surface area contributed by atoms with Crippen LogP contribution in [0.4, 0.5) is 23.7 Å². The molecule has 2 rings (SSSR count). The van der Waals surface area contributed by atoms with Crippen LogP contribution in [0, 0.1) is 0 Å². The van der Waals surface area contributed by atoms with Crippen molar-refractivity contribution in [2.45, 2.75) is 47.2 Å². The molecule has 1 aromatic carbocycles. The van der Waals surface area contributed by atoms with Gasteiger partial charge in [0.2, 0.25) is 0 Å². The molecular weight excluding hydrogens is 634 g/mol. The van der Waals surface area contributed by atoms with Crippen molar-refractivity contribution in [2.75, 3.05) is 29.9 Å². The van der Waals surface area contributed by atoms with Crippen LogP contribution in [-0.4, -0.2) is 45.6 Å². The summed E-state index contributed by atoms with van der Waals surface area (Å²) in [6, 6.07) is 1.53. The van der Waals surface area contributed by atoms with Gasteiger partial charge >= 0.3 is 12.2 Å². The number of carbonyl (C=O) groups is 2. The van der Waals surface area contributed by atoms with Crippen LogP contribution in [0.25, 0.3) is 0 Å². The minimum absolute atomic E-state index is 0.00313. The van der Waals surface area contributed by atoms with Crippen LogP contribution in [-0.2, 0) is 17.0 Å². The molecule has 0 aliphatic carbocycles. The number of amides is 3. The van der Waals surface area contributed by atoms with Gasteiger partial charge in [-0.1, -0.05) is 101 Å². The molecule has 6 nitrogen and oxygen atoms in total. The summed E-state index contributed by atoms with van der Waals surface area (Å²) < 4.78 is 51.1. The smallest absolute Gasteiger partial charge is 0.337 e. The topological polar surface area (TPSA) is 78.5 Å². The maximum Gasteiger partial charge on any atom is 0.416 e. The van der Waals surface area contributed by atoms with Gasteiger partial charge in [-0.05, 0) is 31.2 Å². The molecule has 236 valence electrons. The van der Waals surface area contributed by atoms with E-state index in [4.69, 9.17) is 34.8 Å². The molecule has 1 aliphatic heterocycles. The van der Waals surface area contributed by atoms with Crippen molar-refractivity contribution in [3.05, 3.63) is 88.1 Å². The van der Waals surface area contributed by atoms with Crippen LogP contribution in [0.2, 0.25) is 0 Å². The first-order valence-corrected chi connectivity index (χ1v) is 15.5. The van der Waals surface area contributed by atoms with Crippen molar-refractivity contribution < 1.29 is 27.0 Å². The number of halogens is 6. The Morgan fingerprint density at radius 2 is 1.60 bits per heavy atom. The number of nitrogens with zero attached hydrogens (tertiary/aromatic N) is 1.